The molecule has 0 saturated heterocycles. The average Bonchev–Trinajstić information content (AvgIpc) is 2.96. The molecule has 0 bridgehead atoms. The quantitative estimate of drug-likeness (QED) is 0.295. The van der Waals surface area contributed by atoms with E-state index in [4.69, 9.17) is 16.3 Å². The predicted octanol–water partition coefficient (Wildman–Crippen LogP) is 5.27. The Bertz CT molecular complexity index is 1400. The molecule has 1 N–H and O–H groups in total. The van der Waals surface area contributed by atoms with Gasteiger partial charge >= 0.3 is 0 Å². The normalized spacial score (nSPS) is 12.7. The molecule has 0 aromatic heterocycles. The maximum Gasteiger partial charge on any atom is 0.264 e. The van der Waals surface area contributed by atoms with Gasteiger partial charge in [0.1, 0.15) is 18.3 Å². The monoisotopic (exact) mass is 585 g/mol. The van der Waals surface area contributed by atoms with Crippen LogP contribution >= 0.6 is 11.6 Å². The van der Waals surface area contributed by atoms with Crippen LogP contribution in [0, 0.1) is 0 Å². The van der Waals surface area contributed by atoms with Crippen LogP contribution in [0.2, 0.25) is 5.02 Å². The summed E-state index contributed by atoms with van der Waals surface area (Å²) >= 11 is 6.44. The van der Waals surface area contributed by atoms with Gasteiger partial charge in [-0.05, 0) is 61.7 Å². The largest absolute Gasteiger partial charge is 0.497 e. The third kappa shape index (κ3) is 7.55. The van der Waals surface area contributed by atoms with Crippen molar-refractivity contribution in [1.82, 2.24) is 10.2 Å². The Hall–Kier alpha value is -3.56. The molecule has 3 aromatic rings. The van der Waals surface area contributed by atoms with E-state index in [2.05, 4.69) is 5.32 Å². The van der Waals surface area contributed by atoms with E-state index in [1.807, 2.05) is 26.8 Å². The van der Waals surface area contributed by atoms with Crippen LogP contribution in [-0.2, 0) is 26.2 Å². The van der Waals surface area contributed by atoms with Gasteiger partial charge in [0.25, 0.3) is 10.0 Å². The second-order valence-electron chi connectivity index (χ2n) is 9.39. The number of hydrogen-bond acceptors (Lipinski definition) is 5. The van der Waals surface area contributed by atoms with Crippen molar-refractivity contribution in [3.8, 4) is 5.75 Å². The highest BCUT2D eigenvalue weighted by Gasteiger charge is 2.34. The Morgan fingerprint density at radius 2 is 1.62 bits per heavy atom. The van der Waals surface area contributed by atoms with E-state index >= 15 is 0 Å². The molecular weight excluding hydrogens is 550 g/mol. The second-order valence-corrected chi connectivity index (χ2v) is 11.7. The first-order valence-corrected chi connectivity index (χ1v) is 15.0. The van der Waals surface area contributed by atoms with Gasteiger partial charge in [0, 0.05) is 12.6 Å². The van der Waals surface area contributed by atoms with Gasteiger partial charge in [0.05, 0.1) is 22.7 Å². The SMILES string of the molecule is CC[C@@H](C)NC(=O)[C@H](CC)N(Cc1cccc(OC)c1)C(=O)CN(c1ccccc1Cl)S(=O)(=O)c1ccccc1. The molecule has 0 heterocycles. The van der Waals surface area contributed by atoms with Crippen LogP contribution in [0.15, 0.2) is 83.8 Å². The van der Waals surface area contributed by atoms with Crippen LogP contribution in [0.4, 0.5) is 5.69 Å². The lowest BCUT2D eigenvalue weighted by atomic mass is 10.1. The summed E-state index contributed by atoms with van der Waals surface area (Å²) in [7, 11) is -2.64. The van der Waals surface area contributed by atoms with Gasteiger partial charge in [-0.1, -0.05) is 67.9 Å². The molecule has 0 unspecified atom stereocenters. The zero-order valence-electron chi connectivity index (χ0n) is 23.2. The Morgan fingerprint density at radius 3 is 2.25 bits per heavy atom. The fourth-order valence-corrected chi connectivity index (χ4v) is 5.96. The van der Waals surface area contributed by atoms with E-state index in [1.165, 1.54) is 17.0 Å². The van der Waals surface area contributed by atoms with Crippen molar-refractivity contribution in [1.29, 1.82) is 0 Å². The molecular formula is C30H36ClN3O5S. The molecule has 8 nitrogen and oxygen atoms in total. The molecule has 40 heavy (non-hydrogen) atoms. The molecule has 0 spiro atoms. The summed E-state index contributed by atoms with van der Waals surface area (Å²) < 4.78 is 34.0. The van der Waals surface area contributed by atoms with Crippen molar-refractivity contribution >= 4 is 39.1 Å². The lowest BCUT2D eigenvalue weighted by Crippen LogP contribution is -2.53. The van der Waals surface area contributed by atoms with Gasteiger partial charge in [-0.15, -0.1) is 0 Å². The summed E-state index contributed by atoms with van der Waals surface area (Å²) in [5.41, 5.74) is 0.900. The molecule has 0 aliphatic heterocycles. The Kier molecular flexibility index (Phi) is 11.0. The topological polar surface area (TPSA) is 96.0 Å². The first kappa shape index (κ1) is 31.0. The summed E-state index contributed by atoms with van der Waals surface area (Å²) in [5, 5.41) is 3.14. The summed E-state index contributed by atoms with van der Waals surface area (Å²) in [6.07, 6.45) is 1.05. The second kappa shape index (κ2) is 14.2. The van der Waals surface area contributed by atoms with Gasteiger partial charge in [0.15, 0.2) is 0 Å². The summed E-state index contributed by atoms with van der Waals surface area (Å²) in [5.74, 6) is -0.247. The molecule has 0 fully saturated rings. The van der Waals surface area contributed by atoms with Crippen molar-refractivity contribution in [2.75, 3.05) is 18.0 Å². The van der Waals surface area contributed by atoms with Gasteiger partial charge in [0.2, 0.25) is 11.8 Å². The van der Waals surface area contributed by atoms with E-state index in [9.17, 15) is 18.0 Å². The first-order chi connectivity index (χ1) is 19.1. The molecule has 0 radical (unpaired) electrons. The van der Waals surface area contributed by atoms with Crippen molar-refractivity contribution in [2.45, 2.75) is 57.1 Å². The zero-order chi connectivity index (χ0) is 29.3. The molecule has 0 aliphatic carbocycles. The smallest absolute Gasteiger partial charge is 0.264 e. The standard InChI is InChI=1S/C30H36ClN3O5S/c1-5-22(3)32-30(36)27(6-2)33(20-23-13-12-14-24(19-23)39-4)29(35)21-34(28-18-11-10-17-26(28)31)40(37,38)25-15-8-7-9-16-25/h7-19,22,27H,5-6,20-21H2,1-4H3,(H,32,36)/t22-,27+/m1/s1. The van der Waals surface area contributed by atoms with Crippen LogP contribution in [-0.4, -0.2) is 50.9 Å². The maximum atomic E-state index is 14.1. The van der Waals surface area contributed by atoms with E-state index in [1.54, 1.807) is 67.8 Å². The number of hydrogen-bond donors (Lipinski definition) is 1. The van der Waals surface area contributed by atoms with Crippen LogP contribution in [0.1, 0.15) is 39.2 Å². The zero-order valence-corrected chi connectivity index (χ0v) is 24.8. The third-order valence-corrected chi connectivity index (χ3v) is 8.70. The molecule has 3 aromatic carbocycles. The number of nitrogens with one attached hydrogen (secondary N) is 1. The molecule has 2 atom stereocenters. The van der Waals surface area contributed by atoms with Crippen LogP contribution in [0.3, 0.4) is 0 Å². The van der Waals surface area contributed by atoms with Crippen molar-refractivity contribution < 1.29 is 22.7 Å². The summed E-state index contributed by atoms with van der Waals surface area (Å²) in [6.45, 7) is 5.19. The van der Waals surface area contributed by atoms with E-state index in [0.29, 0.717) is 12.2 Å². The highest BCUT2D eigenvalue weighted by atomic mass is 35.5. The van der Waals surface area contributed by atoms with E-state index in [-0.39, 0.29) is 34.1 Å². The fraction of sp³-hybridized carbons (Fsp3) is 0.333. The van der Waals surface area contributed by atoms with Gasteiger partial charge in [-0.3, -0.25) is 13.9 Å². The summed E-state index contributed by atoms with van der Waals surface area (Å²) in [6, 6.07) is 20.6. The number of amides is 2. The molecule has 0 aliphatic rings. The molecule has 10 heteroatoms. The van der Waals surface area contributed by atoms with Crippen LogP contribution < -0.4 is 14.4 Å². The minimum absolute atomic E-state index is 0.0172. The number of carbonyl (C=O) groups excluding carboxylic acids is 2. The molecule has 3 rings (SSSR count). The number of ether oxygens (including phenoxy) is 1. The number of nitrogens with zero attached hydrogens (tertiary/aromatic N) is 2. The molecule has 214 valence electrons. The minimum atomic E-state index is -4.18. The van der Waals surface area contributed by atoms with E-state index < -0.39 is 28.5 Å². The van der Waals surface area contributed by atoms with Crippen molar-refractivity contribution in [3.05, 3.63) is 89.4 Å². The highest BCUT2D eigenvalue weighted by molar-refractivity contribution is 7.92. The Labute approximate surface area is 241 Å². The van der Waals surface area contributed by atoms with Crippen LogP contribution in [0.5, 0.6) is 5.75 Å². The van der Waals surface area contributed by atoms with Gasteiger partial charge in [-0.2, -0.15) is 0 Å². The predicted molar refractivity (Wildman–Crippen MR) is 158 cm³/mol. The van der Waals surface area contributed by atoms with Crippen LogP contribution in [0.25, 0.3) is 0 Å². The molecule has 0 saturated carbocycles. The minimum Gasteiger partial charge on any atom is -0.497 e. The average molecular weight is 586 g/mol. The van der Waals surface area contributed by atoms with Gasteiger partial charge < -0.3 is 15.0 Å². The number of methoxy groups -OCH3 is 1. The highest BCUT2D eigenvalue weighted by Crippen LogP contribution is 2.31. The lowest BCUT2D eigenvalue weighted by Gasteiger charge is -2.34. The molecule has 2 amide bonds. The number of para-hydroxylation sites is 1. The van der Waals surface area contributed by atoms with Gasteiger partial charge in [-0.25, -0.2) is 8.42 Å². The van der Waals surface area contributed by atoms with Crippen molar-refractivity contribution in [2.24, 2.45) is 0 Å². The van der Waals surface area contributed by atoms with Crippen molar-refractivity contribution in [3.63, 3.8) is 0 Å². The number of carbonyl (C=O) groups is 2. The number of halogens is 1. The van der Waals surface area contributed by atoms with E-state index in [0.717, 1.165) is 16.3 Å². The third-order valence-electron chi connectivity index (χ3n) is 6.61. The maximum absolute atomic E-state index is 14.1. The number of anilines is 1. The lowest BCUT2D eigenvalue weighted by molar-refractivity contribution is -0.140. The number of sulfonamides is 1. The number of rotatable bonds is 13. The number of benzene rings is 3. The Morgan fingerprint density at radius 1 is 0.950 bits per heavy atom. The summed E-state index contributed by atoms with van der Waals surface area (Å²) in [4.78, 5) is 28.9. The Balaban J connectivity index is 2.07. The fourth-order valence-electron chi connectivity index (χ4n) is 4.22. The first-order valence-electron chi connectivity index (χ1n) is 13.2.